The zero-order chi connectivity index (χ0) is 19.1. The molecule has 0 unspecified atom stereocenters. The minimum Gasteiger partial charge on any atom is -0.348 e. The van der Waals surface area contributed by atoms with Crippen LogP contribution in [-0.4, -0.2) is 36.3 Å². The van der Waals surface area contributed by atoms with Gasteiger partial charge in [0.15, 0.2) is 0 Å². The van der Waals surface area contributed by atoms with Crippen LogP contribution in [0.2, 0.25) is 5.02 Å². The first kappa shape index (κ1) is 20.4. The van der Waals surface area contributed by atoms with E-state index in [9.17, 15) is 9.59 Å². The van der Waals surface area contributed by atoms with Gasteiger partial charge in [0.1, 0.15) is 0 Å². The molecule has 0 aliphatic heterocycles. The molecule has 0 bridgehead atoms. The quantitative estimate of drug-likeness (QED) is 0.716. The third-order valence-electron chi connectivity index (χ3n) is 4.00. The summed E-state index contributed by atoms with van der Waals surface area (Å²) in [5, 5.41) is 8.38. The molecule has 0 aliphatic rings. The second-order valence-electron chi connectivity index (χ2n) is 6.12. The van der Waals surface area contributed by atoms with E-state index in [2.05, 4.69) is 10.6 Å². The number of rotatable bonds is 8. The highest BCUT2D eigenvalue weighted by Crippen LogP contribution is 2.20. The highest BCUT2D eigenvalue weighted by Gasteiger charge is 2.16. The zero-order valence-corrected chi connectivity index (χ0v) is 16.8. The lowest BCUT2D eigenvalue weighted by Gasteiger charge is -2.21. The van der Waals surface area contributed by atoms with Gasteiger partial charge in [-0.3, -0.25) is 14.5 Å². The van der Waals surface area contributed by atoms with Gasteiger partial charge in [0.2, 0.25) is 11.8 Å². The van der Waals surface area contributed by atoms with Crippen molar-refractivity contribution in [2.24, 2.45) is 0 Å². The number of benzene rings is 1. The van der Waals surface area contributed by atoms with Crippen LogP contribution < -0.4 is 10.6 Å². The summed E-state index contributed by atoms with van der Waals surface area (Å²) in [4.78, 5) is 27.5. The first-order valence-corrected chi connectivity index (χ1v) is 9.76. The summed E-state index contributed by atoms with van der Waals surface area (Å²) in [6.07, 6.45) is 0. The minimum absolute atomic E-state index is 0.0378. The van der Waals surface area contributed by atoms with Crippen LogP contribution in [0.3, 0.4) is 0 Å². The number of carbonyl (C=O) groups is 2. The average Bonchev–Trinajstić information content (AvgIpc) is 3.12. The Morgan fingerprint density at radius 1 is 1.23 bits per heavy atom. The van der Waals surface area contributed by atoms with E-state index in [1.54, 1.807) is 28.4 Å². The molecule has 2 N–H and O–H groups in total. The molecule has 0 saturated heterocycles. The van der Waals surface area contributed by atoms with Gasteiger partial charge in [0.25, 0.3) is 0 Å². The third kappa shape index (κ3) is 6.12. The summed E-state index contributed by atoms with van der Waals surface area (Å²) >= 11 is 7.59. The lowest BCUT2D eigenvalue weighted by Crippen LogP contribution is -2.41. The molecule has 2 rings (SSSR count). The normalized spacial score (nSPS) is 12.0. The summed E-state index contributed by atoms with van der Waals surface area (Å²) in [6, 6.07) is 9.28. The Bertz CT molecular complexity index is 749. The number of halogens is 1. The molecule has 1 aromatic heterocycles. The number of aryl methyl sites for hydroxylation is 1. The highest BCUT2D eigenvalue weighted by molar-refractivity contribution is 7.10. The second kappa shape index (κ2) is 9.71. The maximum Gasteiger partial charge on any atom is 0.238 e. The SMILES string of the molecule is CCN(CC(=O)Nc1cc(Cl)ccc1C)CC(=O)N[C@@H](C)c1cccs1. The zero-order valence-electron chi connectivity index (χ0n) is 15.2. The maximum atomic E-state index is 12.3. The van der Waals surface area contributed by atoms with Gasteiger partial charge in [-0.05, 0) is 49.5 Å². The van der Waals surface area contributed by atoms with E-state index in [1.807, 2.05) is 44.4 Å². The second-order valence-corrected chi connectivity index (χ2v) is 7.53. The van der Waals surface area contributed by atoms with Crippen molar-refractivity contribution < 1.29 is 9.59 Å². The molecular formula is C19H24ClN3O2S. The van der Waals surface area contributed by atoms with Crippen LogP contribution >= 0.6 is 22.9 Å². The molecule has 5 nitrogen and oxygen atoms in total. The number of hydrogen-bond donors (Lipinski definition) is 2. The first-order valence-electron chi connectivity index (χ1n) is 8.50. The number of anilines is 1. The smallest absolute Gasteiger partial charge is 0.238 e. The van der Waals surface area contributed by atoms with Gasteiger partial charge >= 0.3 is 0 Å². The Labute approximate surface area is 163 Å². The van der Waals surface area contributed by atoms with Gasteiger partial charge in [0, 0.05) is 15.6 Å². The van der Waals surface area contributed by atoms with Crippen molar-refractivity contribution >= 4 is 40.4 Å². The largest absolute Gasteiger partial charge is 0.348 e. The van der Waals surface area contributed by atoms with Crippen molar-refractivity contribution in [3.63, 3.8) is 0 Å². The number of nitrogens with zero attached hydrogens (tertiary/aromatic N) is 1. The van der Waals surface area contributed by atoms with Crippen LogP contribution in [0.5, 0.6) is 0 Å². The van der Waals surface area contributed by atoms with E-state index < -0.39 is 0 Å². The Kier molecular flexibility index (Phi) is 7.63. The van der Waals surface area contributed by atoms with Crippen molar-refractivity contribution in [1.82, 2.24) is 10.2 Å². The summed E-state index contributed by atoms with van der Waals surface area (Å²) in [5.41, 5.74) is 1.63. The number of likely N-dealkylation sites (N-methyl/N-ethyl adjacent to an activating group) is 1. The molecule has 2 aromatic rings. The number of hydrogen-bond acceptors (Lipinski definition) is 4. The third-order valence-corrected chi connectivity index (χ3v) is 5.29. The van der Waals surface area contributed by atoms with Crippen molar-refractivity contribution in [3.8, 4) is 0 Å². The van der Waals surface area contributed by atoms with Crippen LogP contribution in [-0.2, 0) is 9.59 Å². The molecule has 0 saturated carbocycles. The molecule has 0 spiro atoms. The molecular weight excluding hydrogens is 370 g/mol. The number of amides is 2. The summed E-state index contributed by atoms with van der Waals surface area (Å²) in [7, 11) is 0. The molecule has 26 heavy (non-hydrogen) atoms. The monoisotopic (exact) mass is 393 g/mol. The van der Waals surface area contributed by atoms with E-state index in [0.717, 1.165) is 10.4 Å². The number of nitrogens with one attached hydrogen (secondary N) is 2. The first-order chi connectivity index (χ1) is 12.4. The predicted octanol–water partition coefficient (Wildman–Crippen LogP) is 3.85. The summed E-state index contributed by atoms with van der Waals surface area (Å²) in [6.45, 7) is 6.70. The van der Waals surface area contributed by atoms with Crippen LogP contribution in [0.15, 0.2) is 35.7 Å². The Morgan fingerprint density at radius 2 is 1.96 bits per heavy atom. The maximum absolute atomic E-state index is 12.3. The minimum atomic E-state index is -0.170. The molecule has 1 atom stereocenters. The van der Waals surface area contributed by atoms with Crippen LogP contribution in [0.25, 0.3) is 0 Å². The Balaban J connectivity index is 1.86. The molecule has 0 aliphatic carbocycles. The number of carbonyl (C=O) groups excluding carboxylic acids is 2. The molecule has 140 valence electrons. The Morgan fingerprint density at radius 3 is 2.62 bits per heavy atom. The molecule has 0 radical (unpaired) electrons. The van der Waals surface area contributed by atoms with E-state index in [-0.39, 0.29) is 30.9 Å². The van der Waals surface area contributed by atoms with Gasteiger partial charge < -0.3 is 10.6 Å². The van der Waals surface area contributed by atoms with E-state index >= 15 is 0 Å². The predicted molar refractivity (Wildman–Crippen MR) is 108 cm³/mol. The van der Waals surface area contributed by atoms with Gasteiger partial charge in [0.05, 0.1) is 19.1 Å². The standard InChI is InChI=1S/C19H24ClN3O2S/c1-4-23(11-18(24)21-14(3)17-6-5-9-26-17)12-19(25)22-16-10-15(20)8-7-13(16)2/h5-10,14H,4,11-12H2,1-3H3,(H,21,24)(H,22,25)/t14-/m0/s1. The van der Waals surface area contributed by atoms with Crippen LogP contribution in [0.1, 0.15) is 30.3 Å². The Hall–Kier alpha value is -1.89. The van der Waals surface area contributed by atoms with Gasteiger partial charge in [-0.25, -0.2) is 0 Å². The lowest BCUT2D eigenvalue weighted by atomic mass is 10.2. The average molecular weight is 394 g/mol. The fraction of sp³-hybridized carbons (Fsp3) is 0.368. The van der Waals surface area contributed by atoms with Crippen LogP contribution in [0.4, 0.5) is 5.69 Å². The molecule has 7 heteroatoms. The van der Waals surface area contributed by atoms with E-state index in [0.29, 0.717) is 17.3 Å². The van der Waals surface area contributed by atoms with Crippen molar-refractivity contribution in [2.45, 2.75) is 26.8 Å². The van der Waals surface area contributed by atoms with Crippen molar-refractivity contribution in [3.05, 3.63) is 51.2 Å². The molecule has 1 aromatic carbocycles. The molecule has 2 amide bonds. The van der Waals surface area contributed by atoms with Crippen LogP contribution in [0, 0.1) is 6.92 Å². The molecule has 0 fully saturated rings. The highest BCUT2D eigenvalue weighted by atomic mass is 35.5. The van der Waals surface area contributed by atoms with E-state index in [1.165, 1.54) is 0 Å². The molecule has 1 heterocycles. The van der Waals surface area contributed by atoms with Gasteiger partial charge in [-0.2, -0.15) is 0 Å². The van der Waals surface area contributed by atoms with Crippen molar-refractivity contribution in [1.29, 1.82) is 0 Å². The van der Waals surface area contributed by atoms with Crippen molar-refractivity contribution in [2.75, 3.05) is 25.0 Å². The summed E-state index contributed by atoms with van der Waals surface area (Å²) in [5.74, 6) is -0.268. The fourth-order valence-corrected chi connectivity index (χ4v) is 3.41. The van der Waals surface area contributed by atoms with Gasteiger partial charge in [-0.1, -0.05) is 30.7 Å². The topological polar surface area (TPSA) is 61.4 Å². The summed E-state index contributed by atoms with van der Waals surface area (Å²) < 4.78 is 0. The lowest BCUT2D eigenvalue weighted by molar-refractivity contribution is -0.123. The fourth-order valence-electron chi connectivity index (χ4n) is 2.50. The van der Waals surface area contributed by atoms with Gasteiger partial charge in [-0.15, -0.1) is 11.3 Å². The van der Waals surface area contributed by atoms with E-state index in [4.69, 9.17) is 11.6 Å². The number of thiophene rings is 1.